The van der Waals surface area contributed by atoms with Crippen LogP contribution >= 0.6 is 0 Å². The van der Waals surface area contributed by atoms with Gasteiger partial charge in [0.15, 0.2) is 5.82 Å². The molecule has 1 aliphatic rings. The Morgan fingerprint density at radius 1 is 0.930 bits per heavy atom. The lowest BCUT2D eigenvalue weighted by atomic mass is 9.86. The summed E-state index contributed by atoms with van der Waals surface area (Å²) in [4.78, 5) is 35.7. The van der Waals surface area contributed by atoms with Gasteiger partial charge in [-0.25, -0.2) is 4.98 Å². The molecule has 224 valence electrons. The predicted molar refractivity (Wildman–Crippen MR) is 177 cm³/mol. The first-order valence-electron chi connectivity index (χ1n) is 15.0. The zero-order valence-corrected chi connectivity index (χ0v) is 26.1. The summed E-state index contributed by atoms with van der Waals surface area (Å²) in [5.41, 5.74) is 6.58. The number of amides is 1. The summed E-state index contributed by atoms with van der Waals surface area (Å²) in [5, 5.41) is 6.29. The first-order chi connectivity index (χ1) is 20.5. The predicted octanol–water partition coefficient (Wildman–Crippen LogP) is 6.19. The van der Waals surface area contributed by atoms with Gasteiger partial charge in [-0.1, -0.05) is 52.0 Å². The Morgan fingerprint density at radius 2 is 1.60 bits per heavy atom. The number of hydrogen-bond donors (Lipinski definition) is 2. The molecular weight excluding hydrogens is 536 g/mol. The lowest BCUT2D eigenvalue weighted by molar-refractivity contribution is 0.102. The topological polar surface area (TPSA) is 82.5 Å². The second-order valence-electron chi connectivity index (χ2n) is 12.2. The summed E-state index contributed by atoms with van der Waals surface area (Å²) in [6, 6.07) is 21.6. The molecule has 5 rings (SSSR count). The van der Waals surface area contributed by atoms with Crippen molar-refractivity contribution in [1.29, 1.82) is 0 Å². The van der Waals surface area contributed by atoms with Gasteiger partial charge < -0.3 is 25.0 Å². The van der Waals surface area contributed by atoms with Crippen molar-refractivity contribution in [1.82, 2.24) is 14.5 Å². The van der Waals surface area contributed by atoms with Gasteiger partial charge in [0, 0.05) is 67.6 Å². The maximum atomic E-state index is 13.1. The van der Waals surface area contributed by atoms with Gasteiger partial charge in [0.2, 0.25) is 0 Å². The molecule has 0 spiro atoms. The van der Waals surface area contributed by atoms with E-state index in [1.54, 1.807) is 13.2 Å². The van der Waals surface area contributed by atoms with Crippen molar-refractivity contribution < 1.29 is 4.79 Å². The minimum Gasteiger partial charge on any atom is -0.369 e. The number of carbonyl (C=O) groups is 1. The van der Waals surface area contributed by atoms with Crippen LogP contribution in [-0.2, 0) is 12.5 Å². The molecule has 1 aliphatic heterocycles. The van der Waals surface area contributed by atoms with Gasteiger partial charge in [0.25, 0.3) is 11.5 Å². The Bertz CT molecular complexity index is 1640. The van der Waals surface area contributed by atoms with E-state index in [0.717, 1.165) is 49.5 Å². The number of nitrogens with zero attached hydrogens (tertiary/aromatic N) is 4. The number of likely N-dealkylation sites (N-methyl/N-ethyl adjacent to an activating group) is 1. The summed E-state index contributed by atoms with van der Waals surface area (Å²) in [7, 11) is 1.72. The van der Waals surface area contributed by atoms with E-state index in [1.165, 1.54) is 15.8 Å². The molecule has 2 heterocycles. The summed E-state index contributed by atoms with van der Waals surface area (Å²) >= 11 is 0. The lowest BCUT2D eigenvalue weighted by Crippen LogP contribution is -2.46. The molecular formula is C35H42N6O2. The highest BCUT2D eigenvalue weighted by atomic mass is 16.1. The summed E-state index contributed by atoms with van der Waals surface area (Å²) in [6.07, 6.45) is 1.73. The fourth-order valence-corrected chi connectivity index (χ4v) is 5.40. The monoisotopic (exact) mass is 578 g/mol. The molecule has 43 heavy (non-hydrogen) atoms. The molecule has 0 bridgehead atoms. The fourth-order valence-electron chi connectivity index (χ4n) is 5.40. The van der Waals surface area contributed by atoms with Crippen LogP contribution in [0, 0.1) is 6.92 Å². The third kappa shape index (κ3) is 6.81. The molecule has 0 saturated carbocycles. The van der Waals surface area contributed by atoms with E-state index in [1.807, 2.05) is 61.5 Å². The number of hydrogen-bond acceptors (Lipinski definition) is 6. The largest absolute Gasteiger partial charge is 0.369 e. The number of aryl methyl sites for hydroxylation is 1. The van der Waals surface area contributed by atoms with Crippen molar-refractivity contribution in [2.24, 2.45) is 7.05 Å². The molecule has 0 atom stereocenters. The normalized spacial score (nSPS) is 14.0. The van der Waals surface area contributed by atoms with E-state index in [9.17, 15) is 9.59 Å². The van der Waals surface area contributed by atoms with Gasteiger partial charge in [-0.15, -0.1) is 0 Å². The number of rotatable bonds is 7. The van der Waals surface area contributed by atoms with Crippen LogP contribution in [0.5, 0.6) is 0 Å². The van der Waals surface area contributed by atoms with Crippen LogP contribution in [0.2, 0.25) is 0 Å². The lowest BCUT2D eigenvalue weighted by Gasteiger charge is -2.35. The van der Waals surface area contributed by atoms with Gasteiger partial charge in [-0.3, -0.25) is 9.59 Å². The number of piperazine rings is 1. The van der Waals surface area contributed by atoms with Crippen LogP contribution in [0.25, 0.3) is 11.3 Å². The van der Waals surface area contributed by atoms with Gasteiger partial charge in [0.05, 0.1) is 5.69 Å². The smallest absolute Gasteiger partial charge is 0.293 e. The number of nitrogens with one attached hydrogen (secondary N) is 2. The van der Waals surface area contributed by atoms with E-state index < -0.39 is 0 Å². The number of anilines is 4. The molecule has 8 nitrogen and oxygen atoms in total. The first-order valence-corrected chi connectivity index (χ1v) is 15.0. The molecule has 8 heteroatoms. The van der Waals surface area contributed by atoms with Crippen LogP contribution < -0.4 is 21.1 Å². The van der Waals surface area contributed by atoms with Gasteiger partial charge in [-0.05, 0) is 72.5 Å². The molecule has 1 saturated heterocycles. The third-order valence-electron chi connectivity index (χ3n) is 8.26. The minimum atomic E-state index is -0.218. The Kier molecular flexibility index (Phi) is 8.69. The molecule has 0 aliphatic carbocycles. The third-order valence-corrected chi connectivity index (χ3v) is 8.26. The van der Waals surface area contributed by atoms with Crippen LogP contribution in [0.1, 0.15) is 49.2 Å². The van der Waals surface area contributed by atoms with E-state index >= 15 is 0 Å². The second-order valence-corrected chi connectivity index (χ2v) is 12.2. The van der Waals surface area contributed by atoms with E-state index in [-0.39, 0.29) is 22.7 Å². The molecule has 1 aromatic heterocycles. The van der Waals surface area contributed by atoms with Crippen LogP contribution in [-0.4, -0.2) is 53.1 Å². The maximum absolute atomic E-state index is 13.1. The first kappa shape index (κ1) is 30.0. The van der Waals surface area contributed by atoms with Crippen molar-refractivity contribution >= 4 is 28.8 Å². The van der Waals surface area contributed by atoms with Gasteiger partial charge in [0.1, 0.15) is 0 Å². The zero-order valence-electron chi connectivity index (χ0n) is 26.1. The van der Waals surface area contributed by atoms with Crippen molar-refractivity contribution in [2.45, 2.75) is 40.0 Å². The molecule has 2 N–H and O–H groups in total. The van der Waals surface area contributed by atoms with E-state index in [4.69, 9.17) is 4.98 Å². The Morgan fingerprint density at radius 3 is 2.23 bits per heavy atom. The molecule has 1 fully saturated rings. The second kappa shape index (κ2) is 12.4. The van der Waals surface area contributed by atoms with Crippen molar-refractivity contribution in [3.05, 3.63) is 100.0 Å². The highest BCUT2D eigenvalue weighted by Crippen LogP contribution is 2.29. The quantitative estimate of drug-likeness (QED) is 0.272. The molecule has 4 aromatic rings. The average Bonchev–Trinajstić information content (AvgIpc) is 3.00. The molecule has 0 unspecified atom stereocenters. The Hall–Kier alpha value is -4.43. The van der Waals surface area contributed by atoms with Crippen molar-refractivity contribution in [2.75, 3.05) is 48.3 Å². The molecule has 1 amide bonds. The molecule has 0 radical (unpaired) electrons. The molecule has 3 aromatic carbocycles. The van der Waals surface area contributed by atoms with Crippen molar-refractivity contribution in [3.8, 4) is 11.3 Å². The average molecular weight is 579 g/mol. The summed E-state index contributed by atoms with van der Waals surface area (Å²) in [5.74, 6) is 0.0734. The highest BCUT2D eigenvalue weighted by molar-refractivity contribution is 6.05. The Labute approximate surface area is 254 Å². The Balaban J connectivity index is 1.34. The summed E-state index contributed by atoms with van der Waals surface area (Å²) in [6.45, 7) is 15.8. The number of carbonyl (C=O) groups excluding carboxylic acids is 1. The van der Waals surface area contributed by atoms with Gasteiger partial charge >= 0.3 is 0 Å². The SMILES string of the molecule is CCN1CCN(c2ccc(Nc3nc(-c4cccc(NC(=O)c5ccc(C(C)(C)C)cc5)c4C)cn(C)c3=O)cc2)CC1. The van der Waals surface area contributed by atoms with Crippen LogP contribution in [0.4, 0.5) is 22.9 Å². The summed E-state index contributed by atoms with van der Waals surface area (Å²) < 4.78 is 1.54. The maximum Gasteiger partial charge on any atom is 0.293 e. The van der Waals surface area contributed by atoms with Gasteiger partial charge in [-0.2, -0.15) is 0 Å². The zero-order chi connectivity index (χ0) is 30.7. The standard InChI is InChI=1S/C35H42N6O2/c1-7-40-19-21-41(22-20-40)28-17-15-27(16-18-28)36-32-34(43)39(6)23-31(37-32)29-9-8-10-30(24(29)2)38-33(42)25-11-13-26(14-12-25)35(3,4)5/h8-18,23H,7,19-22H2,1-6H3,(H,36,37)(H,38,42). The van der Waals surface area contributed by atoms with Crippen molar-refractivity contribution in [3.63, 3.8) is 0 Å². The minimum absolute atomic E-state index is 0.0180. The highest BCUT2D eigenvalue weighted by Gasteiger charge is 2.18. The number of aromatic nitrogens is 2. The van der Waals surface area contributed by atoms with E-state index in [2.05, 4.69) is 60.3 Å². The van der Waals surface area contributed by atoms with Crippen LogP contribution in [0.3, 0.4) is 0 Å². The van der Waals surface area contributed by atoms with Crippen LogP contribution in [0.15, 0.2) is 77.7 Å². The van der Waals surface area contributed by atoms with E-state index in [0.29, 0.717) is 16.9 Å². The number of benzene rings is 3. The fraction of sp³-hybridized carbons (Fsp3) is 0.343.